The SMILES string of the molecule is CC[C@@]1(O)C(=O)OCc2c1cc1n(c2=O)Cc2cc3c(NC=N)cc(O)cc3nc2-1. The van der Waals surface area contributed by atoms with E-state index >= 15 is 0 Å². The van der Waals surface area contributed by atoms with Crippen LogP contribution in [-0.2, 0) is 28.3 Å². The topological polar surface area (TPSA) is 138 Å². The fraction of sp³-hybridized carbons (Fsp3) is 0.238. The molecule has 0 unspecified atom stereocenters. The molecule has 0 fully saturated rings. The molecule has 2 aliphatic heterocycles. The number of ether oxygens (including phenoxy) is 1. The molecule has 0 bridgehead atoms. The lowest BCUT2D eigenvalue weighted by Crippen LogP contribution is -2.44. The van der Waals surface area contributed by atoms with Crippen molar-refractivity contribution in [2.75, 3.05) is 5.32 Å². The number of aromatic nitrogens is 2. The molecule has 0 radical (unpaired) electrons. The average Bonchev–Trinajstić information content (AvgIpc) is 3.08. The zero-order chi connectivity index (χ0) is 21.2. The number of aliphatic hydroxyl groups is 1. The van der Waals surface area contributed by atoms with Crippen molar-refractivity contribution in [3.63, 3.8) is 0 Å². The fourth-order valence-electron chi connectivity index (χ4n) is 4.26. The smallest absolute Gasteiger partial charge is 0.343 e. The Labute approximate surface area is 170 Å². The largest absolute Gasteiger partial charge is 0.508 e. The van der Waals surface area contributed by atoms with Crippen molar-refractivity contribution >= 4 is 28.9 Å². The number of benzene rings is 1. The standard InChI is InChI=1S/C21H18N4O5/c1-2-21(29)14-6-17-18-10(7-25(17)19(27)13(14)8-30-20(21)28)3-12-15(23-9-22)4-11(26)5-16(12)24-18/h3-6,9,26,29H,2,7-8H2,1H3,(H2,22,23)/t21-/m0/s1. The van der Waals surface area contributed by atoms with Crippen LogP contribution in [0.25, 0.3) is 22.3 Å². The first-order chi connectivity index (χ1) is 14.4. The number of nitrogens with one attached hydrogen (secondary N) is 2. The Balaban J connectivity index is 1.78. The molecule has 152 valence electrons. The maximum atomic E-state index is 13.2. The third-order valence-electron chi connectivity index (χ3n) is 5.84. The number of phenols is 1. The minimum absolute atomic E-state index is 0.0109. The van der Waals surface area contributed by atoms with Gasteiger partial charge >= 0.3 is 5.97 Å². The van der Waals surface area contributed by atoms with Gasteiger partial charge in [0.25, 0.3) is 5.56 Å². The second-order valence-corrected chi connectivity index (χ2v) is 7.45. The number of fused-ring (bicyclic) bond motifs is 5. The highest BCUT2D eigenvalue weighted by Crippen LogP contribution is 2.39. The van der Waals surface area contributed by atoms with Gasteiger partial charge in [-0.25, -0.2) is 9.78 Å². The molecule has 30 heavy (non-hydrogen) atoms. The number of phenolic OH excluding ortho intramolecular Hbond substituents is 1. The minimum atomic E-state index is -1.87. The number of hydrogen-bond donors (Lipinski definition) is 4. The van der Waals surface area contributed by atoms with Gasteiger partial charge in [-0.1, -0.05) is 6.92 Å². The van der Waals surface area contributed by atoms with Gasteiger partial charge < -0.3 is 24.8 Å². The molecule has 4 N–H and O–H groups in total. The van der Waals surface area contributed by atoms with Crippen LogP contribution in [0, 0.1) is 5.41 Å². The Morgan fingerprint density at radius 3 is 2.87 bits per heavy atom. The van der Waals surface area contributed by atoms with Crippen molar-refractivity contribution in [2.24, 2.45) is 0 Å². The lowest BCUT2D eigenvalue weighted by atomic mass is 9.86. The Morgan fingerprint density at radius 2 is 2.13 bits per heavy atom. The second kappa shape index (κ2) is 6.14. The Hall–Kier alpha value is -3.72. The van der Waals surface area contributed by atoms with Crippen LogP contribution < -0.4 is 10.9 Å². The molecule has 0 amide bonds. The van der Waals surface area contributed by atoms with Crippen LogP contribution in [0.2, 0.25) is 0 Å². The van der Waals surface area contributed by atoms with E-state index in [4.69, 9.17) is 10.1 Å². The van der Waals surface area contributed by atoms with Crippen LogP contribution in [0.5, 0.6) is 5.75 Å². The van der Waals surface area contributed by atoms with Crippen molar-refractivity contribution in [3.05, 3.63) is 51.3 Å². The molecule has 4 heterocycles. The van der Waals surface area contributed by atoms with Crippen LogP contribution in [-0.4, -0.2) is 32.1 Å². The van der Waals surface area contributed by atoms with Gasteiger partial charge in [0.1, 0.15) is 12.4 Å². The van der Waals surface area contributed by atoms with Crippen molar-refractivity contribution in [1.82, 2.24) is 9.55 Å². The molecule has 2 aliphatic rings. The lowest BCUT2D eigenvalue weighted by molar-refractivity contribution is -0.172. The monoisotopic (exact) mass is 406 g/mol. The first kappa shape index (κ1) is 18.3. The van der Waals surface area contributed by atoms with Gasteiger partial charge in [0.15, 0.2) is 5.60 Å². The van der Waals surface area contributed by atoms with Crippen molar-refractivity contribution in [3.8, 4) is 17.1 Å². The zero-order valence-electron chi connectivity index (χ0n) is 16.0. The molecular formula is C21H18N4O5. The maximum Gasteiger partial charge on any atom is 0.343 e. The minimum Gasteiger partial charge on any atom is -0.508 e. The number of rotatable bonds is 3. The van der Waals surface area contributed by atoms with E-state index in [1.54, 1.807) is 17.6 Å². The molecule has 5 rings (SSSR count). The number of aromatic hydroxyl groups is 1. The fourth-order valence-corrected chi connectivity index (χ4v) is 4.26. The summed E-state index contributed by atoms with van der Waals surface area (Å²) in [5.74, 6) is -0.776. The number of anilines is 1. The number of carbonyl (C=O) groups is 1. The number of carbonyl (C=O) groups excluding carboxylic acids is 1. The summed E-state index contributed by atoms with van der Waals surface area (Å²) in [6.07, 6.45) is 1.09. The van der Waals surface area contributed by atoms with Crippen LogP contribution in [0.3, 0.4) is 0 Å². The van der Waals surface area contributed by atoms with Crippen molar-refractivity contribution in [2.45, 2.75) is 32.1 Å². The van der Waals surface area contributed by atoms with Gasteiger partial charge in [0.05, 0.1) is 41.0 Å². The molecule has 9 heteroatoms. The van der Waals surface area contributed by atoms with Crippen LogP contribution in [0.15, 0.2) is 29.1 Å². The number of hydrogen-bond acceptors (Lipinski definition) is 7. The van der Waals surface area contributed by atoms with Crippen LogP contribution in [0.1, 0.15) is 30.0 Å². The van der Waals surface area contributed by atoms with E-state index in [-0.39, 0.29) is 42.0 Å². The molecule has 9 nitrogen and oxygen atoms in total. The first-order valence-corrected chi connectivity index (χ1v) is 9.46. The first-order valence-electron chi connectivity index (χ1n) is 9.46. The van der Waals surface area contributed by atoms with Gasteiger partial charge in [0, 0.05) is 28.6 Å². The molecule has 1 atom stereocenters. The van der Waals surface area contributed by atoms with E-state index in [1.165, 1.54) is 12.1 Å². The average molecular weight is 406 g/mol. The number of esters is 1. The molecule has 2 aromatic heterocycles. The highest BCUT2D eigenvalue weighted by Gasteiger charge is 2.45. The van der Waals surface area contributed by atoms with Crippen molar-refractivity contribution in [1.29, 1.82) is 5.41 Å². The van der Waals surface area contributed by atoms with Crippen LogP contribution in [0.4, 0.5) is 5.69 Å². The summed E-state index contributed by atoms with van der Waals surface area (Å²) in [4.78, 5) is 30.0. The van der Waals surface area contributed by atoms with Crippen molar-refractivity contribution < 1.29 is 19.7 Å². The van der Waals surface area contributed by atoms with Gasteiger partial charge in [-0.05, 0) is 18.6 Å². The highest BCUT2D eigenvalue weighted by atomic mass is 16.6. The van der Waals surface area contributed by atoms with E-state index in [1.807, 2.05) is 6.07 Å². The maximum absolute atomic E-state index is 13.2. The Bertz CT molecular complexity index is 1330. The van der Waals surface area contributed by atoms with E-state index in [9.17, 15) is 19.8 Å². The van der Waals surface area contributed by atoms with Gasteiger partial charge in [0.2, 0.25) is 0 Å². The molecule has 3 aromatic rings. The summed E-state index contributed by atoms with van der Waals surface area (Å²) in [6.45, 7) is 1.76. The summed E-state index contributed by atoms with van der Waals surface area (Å²) in [5.41, 5.74) is 1.17. The number of nitrogens with zero attached hydrogens (tertiary/aromatic N) is 2. The summed E-state index contributed by atoms with van der Waals surface area (Å²) in [5, 5.41) is 31.7. The quantitative estimate of drug-likeness (QED) is 0.231. The van der Waals surface area contributed by atoms with E-state index in [0.29, 0.717) is 28.0 Å². The van der Waals surface area contributed by atoms with Gasteiger partial charge in [-0.3, -0.25) is 10.2 Å². The molecule has 1 aromatic carbocycles. The third-order valence-corrected chi connectivity index (χ3v) is 5.84. The lowest BCUT2D eigenvalue weighted by Gasteiger charge is -2.31. The zero-order valence-corrected chi connectivity index (χ0v) is 16.0. The molecular weight excluding hydrogens is 388 g/mol. The molecule has 0 saturated heterocycles. The molecule has 0 aliphatic carbocycles. The summed E-state index contributed by atoms with van der Waals surface area (Å²) < 4.78 is 6.62. The predicted octanol–water partition coefficient (Wildman–Crippen LogP) is 1.80. The van der Waals surface area contributed by atoms with E-state index < -0.39 is 11.6 Å². The van der Waals surface area contributed by atoms with Gasteiger partial charge in [-0.2, -0.15) is 0 Å². The predicted molar refractivity (Wildman–Crippen MR) is 109 cm³/mol. The van der Waals surface area contributed by atoms with E-state index in [2.05, 4.69) is 10.3 Å². The normalized spacial score (nSPS) is 19.1. The Morgan fingerprint density at radius 1 is 1.33 bits per heavy atom. The highest BCUT2D eigenvalue weighted by molar-refractivity contribution is 5.98. The molecule has 0 spiro atoms. The second-order valence-electron chi connectivity index (χ2n) is 7.45. The number of pyridine rings is 2. The van der Waals surface area contributed by atoms with Gasteiger partial charge in [-0.15, -0.1) is 0 Å². The summed E-state index contributed by atoms with van der Waals surface area (Å²) >= 11 is 0. The Kier molecular flexibility index (Phi) is 3.75. The van der Waals surface area contributed by atoms with Crippen LogP contribution >= 0.6 is 0 Å². The molecule has 0 saturated carbocycles. The summed E-state index contributed by atoms with van der Waals surface area (Å²) in [6, 6.07) is 6.51. The van der Waals surface area contributed by atoms with E-state index in [0.717, 1.165) is 11.9 Å². The number of cyclic esters (lactones) is 1. The third kappa shape index (κ3) is 2.32. The summed E-state index contributed by atoms with van der Waals surface area (Å²) in [7, 11) is 0.